The van der Waals surface area contributed by atoms with Crippen LogP contribution in [0.4, 0.5) is 0 Å². The number of nitrogens with zero attached hydrogens (tertiary/aromatic N) is 1. The summed E-state index contributed by atoms with van der Waals surface area (Å²) in [6, 6.07) is 10.5. The Morgan fingerprint density at radius 2 is 2.24 bits per heavy atom. The molecule has 0 aliphatic carbocycles. The molecule has 0 spiro atoms. The molecular formula is C17H23N3O. The van der Waals surface area contributed by atoms with Crippen molar-refractivity contribution in [2.24, 2.45) is 5.92 Å². The van der Waals surface area contributed by atoms with Crippen LogP contribution in [0.15, 0.2) is 36.5 Å². The summed E-state index contributed by atoms with van der Waals surface area (Å²) < 4.78 is 2.25. The molecule has 1 saturated heterocycles. The van der Waals surface area contributed by atoms with E-state index in [1.807, 2.05) is 0 Å². The van der Waals surface area contributed by atoms with E-state index in [0.717, 1.165) is 45.4 Å². The SMILES string of the molecule is O=C(NCCCn1ccc2ccccc21)C1CCCNC1. The van der Waals surface area contributed by atoms with Crippen molar-refractivity contribution in [3.63, 3.8) is 0 Å². The predicted molar refractivity (Wildman–Crippen MR) is 85.2 cm³/mol. The molecule has 3 rings (SSSR count). The average Bonchev–Trinajstić information content (AvgIpc) is 2.95. The van der Waals surface area contributed by atoms with E-state index in [1.54, 1.807) is 0 Å². The van der Waals surface area contributed by atoms with E-state index in [9.17, 15) is 4.79 Å². The van der Waals surface area contributed by atoms with Crippen molar-refractivity contribution >= 4 is 16.8 Å². The zero-order chi connectivity index (χ0) is 14.5. The Hall–Kier alpha value is -1.81. The van der Waals surface area contributed by atoms with E-state index < -0.39 is 0 Å². The number of hydrogen-bond donors (Lipinski definition) is 2. The molecule has 1 unspecified atom stereocenters. The third-order valence-electron chi connectivity index (χ3n) is 4.22. The van der Waals surface area contributed by atoms with Gasteiger partial charge in [0, 0.05) is 31.3 Å². The maximum atomic E-state index is 12.0. The van der Waals surface area contributed by atoms with Gasteiger partial charge in [0.2, 0.25) is 5.91 Å². The highest BCUT2D eigenvalue weighted by Crippen LogP contribution is 2.15. The van der Waals surface area contributed by atoms with Gasteiger partial charge >= 0.3 is 0 Å². The van der Waals surface area contributed by atoms with E-state index in [-0.39, 0.29) is 11.8 Å². The minimum Gasteiger partial charge on any atom is -0.356 e. The summed E-state index contributed by atoms with van der Waals surface area (Å²) in [4.78, 5) is 12.0. The fourth-order valence-corrected chi connectivity index (χ4v) is 3.02. The van der Waals surface area contributed by atoms with Gasteiger partial charge in [-0.3, -0.25) is 4.79 Å². The molecule has 0 radical (unpaired) electrons. The lowest BCUT2D eigenvalue weighted by Gasteiger charge is -2.21. The summed E-state index contributed by atoms with van der Waals surface area (Å²) in [5.74, 6) is 0.366. The van der Waals surface area contributed by atoms with Gasteiger partial charge in [-0.2, -0.15) is 0 Å². The molecule has 2 N–H and O–H groups in total. The number of aryl methyl sites for hydroxylation is 1. The van der Waals surface area contributed by atoms with Crippen molar-refractivity contribution in [1.29, 1.82) is 0 Å². The number of nitrogens with one attached hydrogen (secondary N) is 2. The van der Waals surface area contributed by atoms with Crippen molar-refractivity contribution in [2.75, 3.05) is 19.6 Å². The largest absolute Gasteiger partial charge is 0.356 e. The predicted octanol–water partition coefficient (Wildman–Crippen LogP) is 2.15. The van der Waals surface area contributed by atoms with Crippen LogP contribution in [0.1, 0.15) is 19.3 Å². The molecule has 4 heteroatoms. The molecule has 2 heterocycles. The third kappa shape index (κ3) is 3.45. The Morgan fingerprint density at radius 3 is 3.10 bits per heavy atom. The number of piperidine rings is 1. The first-order valence-corrected chi connectivity index (χ1v) is 7.87. The van der Waals surface area contributed by atoms with Gasteiger partial charge in [0.25, 0.3) is 0 Å². The molecule has 1 aliphatic heterocycles. The molecule has 0 bridgehead atoms. The number of para-hydroxylation sites is 1. The highest BCUT2D eigenvalue weighted by molar-refractivity contribution is 5.80. The van der Waals surface area contributed by atoms with Gasteiger partial charge in [0.1, 0.15) is 0 Å². The lowest BCUT2D eigenvalue weighted by molar-refractivity contribution is -0.125. The van der Waals surface area contributed by atoms with Crippen LogP contribution < -0.4 is 10.6 Å². The Morgan fingerprint density at radius 1 is 1.33 bits per heavy atom. The van der Waals surface area contributed by atoms with Crippen molar-refractivity contribution in [1.82, 2.24) is 15.2 Å². The minimum atomic E-state index is 0.158. The normalized spacial score (nSPS) is 18.8. The van der Waals surface area contributed by atoms with Gasteiger partial charge in [-0.1, -0.05) is 18.2 Å². The molecule has 1 aromatic carbocycles. The highest BCUT2D eigenvalue weighted by Gasteiger charge is 2.19. The van der Waals surface area contributed by atoms with Crippen LogP contribution in [0.3, 0.4) is 0 Å². The van der Waals surface area contributed by atoms with Gasteiger partial charge in [0.15, 0.2) is 0 Å². The smallest absolute Gasteiger partial charge is 0.224 e. The van der Waals surface area contributed by atoms with Gasteiger partial charge in [0.05, 0.1) is 5.92 Å². The summed E-state index contributed by atoms with van der Waals surface area (Å²) in [5, 5.41) is 7.63. The molecule has 0 saturated carbocycles. The van der Waals surface area contributed by atoms with E-state index in [0.29, 0.717) is 0 Å². The minimum absolute atomic E-state index is 0.158. The van der Waals surface area contributed by atoms with Crippen LogP contribution in [0, 0.1) is 5.92 Å². The molecular weight excluding hydrogens is 262 g/mol. The van der Waals surface area contributed by atoms with Crippen LogP contribution in [0.5, 0.6) is 0 Å². The van der Waals surface area contributed by atoms with Crippen molar-refractivity contribution in [3.05, 3.63) is 36.5 Å². The number of hydrogen-bond acceptors (Lipinski definition) is 2. The van der Waals surface area contributed by atoms with Crippen LogP contribution in [0.25, 0.3) is 10.9 Å². The molecule has 1 amide bonds. The number of benzene rings is 1. The first kappa shape index (κ1) is 14.1. The topological polar surface area (TPSA) is 46.1 Å². The standard InChI is InChI=1S/C17H23N3O/c21-17(15-6-3-9-18-13-15)19-10-4-11-20-12-8-14-5-1-2-7-16(14)20/h1-2,5,7-8,12,15,18H,3-4,6,9-11,13H2,(H,19,21). The highest BCUT2D eigenvalue weighted by atomic mass is 16.1. The summed E-state index contributed by atoms with van der Waals surface area (Å²) in [6.07, 6.45) is 5.20. The fraction of sp³-hybridized carbons (Fsp3) is 0.471. The lowest BCUT2D eigenvalue weighted by atomic mass is 9.99. The van der Waals surface area contributed by atoms with E-state index >= 15 is 0 Å². The summed E-state index contributed by atoms with van der Waals surface area (Å²) in [6.45, 7) is 3.57. The van der Waals surface area contributed by atoms with E-state index in [4.69, 9.17) is 0 Å². The van der Waals surface area contributed by atoms with Crippen LogP contribution in [0.2, 0.25) is 0 Å². The number of carbonyl (C=O) groups excluding carboxylic acids is 1. The maximum absolute atomic E-state index is 12.0. The number of fused-ring (bicyclic) bond motifs is 1. The number of amides is 1. The van der Waals surface area contributed by atoms with Crippen molar-refractivity contribution in [2.45, 2.75) is 25.8 Å². The lowest BCUT2D eigenvalue weighted by Crippen LogP contribution is -2.40. The third-order valence-corrected chi connectivity index (χ3v) is 4.22. The van der Waals surface area contributed by atoms with Gasteiger partial charge in [-0.15, -0.1) is 0 Å². The molecule has 21 heavy (non-hydrogen) atoms. The molecule has 1 aromatic heterocycles. The Labute approximate surface area is 125 Å². The Bertz CT molecular complexity index is 599. The van der Waals surface area contributed by atoms with Gasteiger partial charge in [-0.05, 0) is 43.3 Å². The number of carbonyl (C=O) groups is 1. The second-order valence-electron chi connectivity index (χ2n) is 5.76. The quantitative estimate of drug-likeness (QED) is 0.827. The average molecular weight is 285 g/mol. The van der Waals surface area contributed by atoms with Crippen LogP contribution in [-0.2, 0) is 11.3 Å². The van der Waals surface area contributed by atoms with Crippen molar-refractivity contribution < 1.29 is 4.79 Å². The molecule has 112 valence electrons. The molecule has 1 fully saturated rings. The van der Waals surface area contributed by atoms with Crippen LogP contribution >= 0.6 is 0 Å². The van der Waals surface area contributed by atoms with E-state index in [2.05, 4.69) is 51.7 Å². The summed E-state index contributed by atoms with van der Waals surface area (Å²) >= 11 is 0. The molecule has 1 atom stereocenters. The molecule has 2 aromatic rings. The first-order valence-electron chi connectivity index (χ1n) is 7.87. The van der Waals surface area contributed by atoms with Crippen molar-refractivity contribution in [3.8, 4) is 0 Å². The Balaban J connectivity index is 1.44. The first-order chi connectivity index (χ1) is 10.3. The second-order valence-corrected chi connectivity index (χ2v) is 5.76. The number of aromatic nitrogens is 1. The summed E-state index contributed by atoms with van der Waals surface area (Å²) in [5.41, 5.74) is 1.26. The fourth-order valence-electron chi connectivity index (χ4n) is 3.02. The second kappa shape index (κ2) is 6.76. The summed E-state index contributed by atoms with van der Waals surface area (Å²) in [7, 11) is 0. The zero-order valence-corrected chi connectivity index (χ0v) is 12.3. The van der Waals surface area contributed by atoms with Gasteiger partial charge in [-0.25, -0.2) is 0 Å². The maximum Gasteiger partial charge on any atom is 0.224 e. The monoisotopic (exact) mass is 285 g/mol. The number of rotatable bonds is 5. The van der Waals surface area contributed by atoms with Gasteiger partial charge < -0.3 is 15.2 Å². The molecule has 1 aliphatic rings. The Kier molecular flexibility index (Phi) is 4.55. The zero-order valence-electron chi connectivity index (χ0n) is 12.3. The van der Waals surface area contributed by atoms with Crippen LogP contribution in [-0.4, -0.2) is 30.1 Å². The van der Waals surface area contributed by atoms with E-state index in [1.165, 1.54) is 10.9 Å². The molecule has 4 nitrogen and oxygen atoms in total.